The number of amides is 1. The van der Waals surface area contributed by atoms with Crippen LogP contribution in [0.5, 0.6) is 0 Å². The molecule has 8 heteroatoms. The molecule has 0 atom stereocenters. The van der Waals surface area contributed by atoms with Crippen LogP contribution in [0.4, 0.5) is 10.9 Å². The van der Waals surface area contributed by atoms with Gasteiger partial charge in [0.15, 0.2) is 11.0 Å². The summed E-state index contributed by atoms with van der Waals surface area (Å²) in [7, 11) is 0. The average molecular weight is 515 g/mol. The molecule has 0 aliphatic heterocycles. The monoisotopic (exact) mass is 514 g/mol. The van der Waals surface area contributed by atoms with E-state index in [2.05, 4.69) is 38.8 Å². The highest BCUT2D eigenvalue weighted by Gasteiger charge is 2.15. The summed E-state index contributed by atoms with van der Waals surface area (Å²) in [5.41, 5.74) is 5.21. The Bertz CT molecular complexity index is 1690. The first-order valence-electron chi connectivity index (χ1n) is 12.1. The van der Waals surface area contributed by atoms with Crippen molar-refractivity contribution >= 4 is 39.1 Å². The van der Waals surface area contributed by atoms with E-state index < -0.39 is 0 Å². The molecular weight excluding hydrogens is 492 g/mol. The molecule has 7 nitrogen and oxygen atoms in total. The maximum absolute atomic E-state index is 12.6. The van der Waals surface area contributed by atoms with Crippen LogP contribution in [0.3, 0.4) is 0 Å². The first kappa shape index (κ1) is 23.4. The van der Waals surface area contributed by atoms with Gasteiger partial charge in [0, 0.05) is 28.9 Å². The Morgan fingerprint density at radius 3 is 2.37 bits per heavy atom. The number of hydrogen-bond acceptors (Lipinski definition) is 7. The second-order valence-corrected chi connectivity index (χ2v) is 9.40. The Hall–Kier alpha value is -4.95. The van der Waals surface area contributed by atoms with Gasteiger partial charge in [-0.15, -0.1) is 11.3 Å². The van der Waals surface area contributed by atoms with E-state index in [-0.39, 0.29) is 5.91 Å². The fourth-order valence-electron chi connectivity index (χ4n) is 4.20. The predicted octanol–water partition coefficient (Wildman–Crippen LogP) is 6.68. The molecule has 0 bridgehead atoms. The van der Waals surface area contributed by atoms with Crippen LogP contribution in [0.1, 0.15) is 16.1 Å². The molecular formula is C30H22N6OS. The summed E-state index contributed by atoms with van der Waals surface area (Å²) in [6.45, 7) is 0.519. The SMILES string of the molecule is O=C(Nc1nccs1)c1ccc(-c2nc(NCc3ccccn3)c3c(-c4ccccc4)cccc3n2)cc1. The standard InChI is InChI=1S/C30H22N6OS/c37-29(36-30-32-17-18-38-30)22-14-12-21(13-15-22)27-34-25-11-6-10-24(20-7-2-1-3-8-20)26(25)28(35-27)33-19-23-9-4-5-16-31-23/h1-18H,19H2,(H,32,36,37)(H,33,34,35). The number of hydrogen-bond donors (Lipinski definition) is 2. The van der Waals surface area contributed by atoms with Gasteiger partial charge in [0.25, 0.3) is 5.91 Å². The highest BCUT2D eigenvalue weighted by Crippen LogP contribution is 2.34. The number of aromatic nitrogens is 4. The number of rotatable bonds is 7. The Morgan fingerprint density at radius 2 is 1.61 bits per heavy atom. The third-order valence-electron chi connectivity index (χ3n) is 6.03. The molecule has 0 saturated carbocycles. The molecule has 3 aromatic heterocycles. The zero-order chi connectivity index (χ0) is 25.7. The van der Waals surface area contributed by atoms with Crippen molar-refractivity contribution in [2.75, 3.05) is 10.6 Å². The van der Waals surface area contributed by atoms with Crippen molar-refractivity contribution in [1.29, 1.82) is 0 Å². The van der Waals surface area contributed by atoms with Crippen molar-refractivity contribution in [3.8, 4) is 22.5 Å². The zero-order valence-corrected chi connectivity index (χ0v) is 21.0. The summed E-state index contributed by atoms with van der Waals surface area (Å²) in [5, 5.41) is 9.63. The summed E-state index contributed by atoms with van der Waals surface area (Å²) >= 11 is 1.38. The van der Waals surface area contributed by atoms with E-state index in [1.165, 1.54) is 11.3 Å². The Balaban J connectivity index is 1.39. The van der Waals surface area contributed by atoms with E-state index in [1.807, 2.05) is 66.0 Å². The number of benzene rings is 3. The molecule has 3 aromatic carbocycles. The summed E-state index contributed by atoms with van der Waals surface area (Å²) in [4.78, 5) is 31.0. The molecule has 38 heavy (non-hydrogen) atoms. The van der Waals surface area contributed by atoms with Crippen molar-refractivity contribution in [1.82, 2.24) is 19.9 Å². The number of pyridine rings is 1. The topological polar surface area (TPSA) is 92.7 Å². The number of carbonyl (C=O) groups excluding carboxylic acids is 1. The highest BCUT2D eigenvalue weighted by molar-refractivity contribution is 7.13. The summed E-state index contributed by atoms with van der Waals surface area (Å²) in [6, 6.07) is 29.4. The van der Waals surface area contributed by atoms with Gasteiger partial charge in [-0.05, 0) is 41.5 Å². The van der Waals surface area contributed by atoms with E-state index >= 15 is 0 Å². The van der Waals surface area contributed by atoms with E-state index in [1.54, 1.807) is 24.5 Å². The first-order chi connectivity index (χ1) is 18.7. The van der Waals surface area contributed by atoms with Crippen LogP contribution in [-0.2, 0) is 6.54 Å². The lowest BCUT2D eigenvalue weighted by Gasteiger charge is -2.14. The second-order valence-electron chi connectivity index (χ2n) is 8.50. The molecule has 6 aromatic rings. The lowest BCUT2D eigenvalue weighted by Crippen LogP contribution is -2.11. The molecule has 2 N–H and O–H groups in total. The van der Waals surface area contributed by atoms with Gasteiger partial charge in [-0.2, -0.15) is 0 Å². The molecule has 0 fully saturated rings. The fourth-order valence-corrected chi connectivity index (χ4v) is 4.72. The maximum atomic E-state index is 12.6. The minimum atomic E-state index is -0.212. The van der Waals surface area contributed by atoms with Crippen LogP contribution in [0.2, 0.25) is 0 Å². The highest BCUT2D eigenvalue weighted by atomic mass is 32.1. The number of nitrogens with zero attached hydrogens (tertiary/aromatic N) is 4. The van der Waals surface area contributed by atoms with Gasteiger partial charge in [-0.25, -0.2) is 15.0 Å². The van der Waals surface area contributed by atoms with E-state index in [4.69, 9.17) is 9.97 Å². The molecule has 0 aliphatic carbocycles. The van der Waals surface area contributed by atoms with Gasteiger partial charge in [-0.3, -0.25) is 15.1 Å². The van der Waals surface area contributed by atoms with E-state index in [0.717, 1.165) is 39.1 Å². The van der Waals surface area contributed by atoms with E-state index in [9.17, 15) is 4.79 Å². The largest absolute Gasteiger partial charge is 0.364 e. The second kappa shape index (κ2) is 10.6. The fraction of sp³-hybridized carbons (Fsp3) is 0.0333. The number of carbonyl (C=O) groups is 1. The number of fused-ring (bicyclic) bond motifs is 1. The van der Waals surface area contributed by atoms with Gasteiger partial charge in [0.2, 0.25) is 0 Å². The van der Waals surface area contributed by atoms with Gasteiger partial charge in [0.05, 0.1) is 23.1 Å². The maximum Gasteiger partial charge on any atom is 0.257 e. The summed E-state index contributed by atoms with van der Waals surface area (Å²) in [6.07, 6.45) is 3.44. The quantitative estimate of drug-likeness (QED) is 0.247. The molecule has 0 unspecified atom stereocenters. The molecule has 1 amide bonds. The number of anilines is 2. The normalized spacial score (nSPS) is 10.8. The molecule has 0 spiro atoms. The van der Waals surface area contributed by atoms with Crippen LogP contribution < -0.4 is 10.6 Å². The lowest BCUT2D eigenvalue weighted by molar-refractivity contribution is 0.102. The Kier molecular flexibility index (Phi) is 6.53. The van der Waals surface area contributed by atoms with Crippen LogP contribution in [-0.4, -0.2) is 25.8 Å². The molecule has 0 radical (unpaired) electrons. The minimum absolute atomic E-state index is 0.212. The first-order valence-corrected chi connectivity index (χ1v) is 12.9. The number of thiazole rings is 1. The van der Waals surface area contributed by atoms with Crippen LogP contribution in [0, 0.1) is 0 Å². The van der Waals surface area contributed by atoms with Crippen LogP contribution in [0.15, 0.2) is 109 Å². The Morgan fingerprint density at radius 1 is 0.763 bits per heavy atom. The van der Waals surface area contributed by atoms with Gasteiger partial charge in [0.1, 0.15) is 5.82 Å². The summed E-state index contributed by atoms with van der Waals surface area (Å²) < 4.78 is 0. The number of nitrogens with one attached hydrogen (secondary N) is 2. The van der Waals surface area contributed by atoms with Crippen molar-refractivity contribution < 1.29 is 4.79 Å². The molecule has 0 saturated heterocycles. The van der Waals surface area contributed by atoms with Crippen LogP contribution >= 0.6 is 11.3 Å². The lowest BCUT2D eigenvalue weighted by atomic mass is 10.0. The van der Waals surface area contributed by atoms with E-state index in [0.29, 0.717) is 23.1 Å². The minimum Gasteiger partial charge on any atom is -0.364 e. The molecule has 0 aliphatic rings. The smallest absolute Gasteiger partial charge is 0.257 e. The van der Waals surface area contributed by atoms with Crippen molar-refractivity contribution in [3.05, 3.63) is 120 Å². The van der Waals surface area contributed by atoms with Crippen molar-refractivity contribution in [3.63, 3.8) is 0 Å². The molecule has 184 valence electrons. The third kappa shape index (κ3) is 4.98. The predicted molar refractivity (Wildman–Crippen MR) is 152 cm³/mol. The average Bonchev–Trinajstić information content (AvgIpc) is 3.49. The van der Waals surface area contributed by atoms with Gasteiger partial charge >= 0.3 is 0 Å². The summed E-state index contributed by atoms with van der Waals surface area (Å²) in [5.74, 6) is 1.08. The van der Waals surface area contributed by atoms with Crippen molar-refractivity contribution in [2.45, 2.75) is 6.54 Å². The van der Waals surface area contributed by atoms with Crippen LogP contribution in [0.25, 0.3) is 33.4 Å². The zero-order valence-electron chi connectivity index (χ0n) is 20.2. The van der Waals surface area contributed by atoms with Gasteiger partial charge in [-0.1, -0.05) is 60.7 Å². The molecule has 6 rings (SSSR count). The Labute approximate surface area is 223 Å². The molecule has 3 heterocycles. The van der Waals surface area contributed by atoms with Crippen molar-refractivity contribution in [2.24, 2.45) is 0 Å². The third-order valence-corrected chi connectivity index (χ3v) is 6.72. The van der Waals surface area contributed by atoms with Gasteiger partial charge < -0.3 is 5.32 Å².